The molecule has 0 spiro atoms. The Morgan fingerprint density at radius 2 is 2.13 bits per heavy atom. The van der Waals surface area contributed by atoms with Crippen molar-refractivity contribution in [2.45, 2.75) is 18.6 Å². The van der Waals surface area contributed by atoms with Gasteiger partial charge in [-0.15, -0.1) is 0 Å². The van der Waals surface area contributed by atoms with Gasteiger partial charge in [-0.05, 0) is 24.6 Å². The van der Waals surface area contributed by atoms with E-state index in [1.54, 1.807) is 0 Å². The third kappa shape index (κ3) is 3.90. The molecule has 1 unspecified atom stereocenters. The summed E-state index contributed by atoms with van der Waals surface area (Å²) in [4.78, 5) is 29.7. The quantitative estimate of drug-likeness (QED) is 0.611. The molecular weight excluding hydrogens is 437 g/mol. The highest BCUT2D eigenvalue weighted by atomic mass is 35.5. The lowest BCUT2D eigenvalue weighted by Gasteiger charge is -2.15. The zero-order valence-corrected chi connectivity index (χ0v) is 16.7. The molecular formula is C20H16ClF3N4O3. The van der Waals surface area contributed by atoms with Crippen molar-refractivity contribution in [1.82, 2.24) is 19.6 Å². The molecule has 31 heavy (non-hydrogen) atoms. The van der Waals surface area contributed by atoms with Gasteiger partial charge in [-0.3, -0.25) is 14.0 Å². The monoisotopic (exact) mass is 452 g/mol. The summed E-state index contributed by atoms with van der Waals surface area (Å²) in [6.07, 6.45) is 0.920. The second-order valence-corrected chi connectivity index (χ2v) is 7.40. The molecule has 1 aliphatic rings. The van der Waals surface area contributed by atoms with Crippen molar-refractivity contribution in [3.05, 3.63) is 59.9 Å². The molecule has 4 heterocycles. The molecule has 0 aliphatic carbocycles. The molecule has 0 saturated carbocycles. The second-order valence-electron chi connectivity index (χ2n) is 7.05. The van der Waals surface area contributed by atoms with Crippen molar-refractivity contribution in [3.63, 3.8) is 0 Å². The summed E-state index contributed by atoms with van der Waals surface area (Å²) >= 11 is 6.31. The summed E-state index contributed by atoms with van der Waals surface area (Å²) in [7, 11) is 0. The van der Waals surface area contributed by atoms with Crippen molar-refractivity contribution in [2.75, 3.05) is 13.1 Å². The van der Waals surface area contributed by atoms with Crippen molar-refractivity contribution in [2.24, 2.45) is 0 Å². The molecule has 2 amide bonds. The van der Waals surface area contributed by atoms with Crippen LogP contribution in [0.1, 0.15) is 22.5 Å². The Balaban J connectivity index is 1.73. The van der Waals surface area contributed by atoms with Crippen LogP contribution in [0.3, 0.4) is 0 Å². The lowest BCUT2D eigenvalue weighted by atomic mass is 10.1. The van der Waals surface area contributed by atoms with E-state index in [-0.39, 0.29) is 34.9 Å². The minimum absolute atomic E-state index is 0.189. The van der Waals surface area contributed by atoms with Crippen molar-refractivity contribution in [1.29, 1.82) is 0 Å². The zero-order chi connectivity index (χ0) is 22.3. The number of aromatic nitrogens is 2. The summed E-state index contributed by atoms with van der Waals surface area (Å²) in [6.45, 7) is 3.87. The van der Waals surface area contributed by atoms with Crippen LogP contribution in [-0.4, -0.2) is 45.2 Å². The maximum absolute atomic E-state index is 13.7. The van der Waals surface area contributed by atoms with E-state index in [9.17, 15) is 22.8 Å². The van der Waals surface area contributed by atoms with E-state index in [1.807, 2.05) is 0 Å². The van der Waals surface area contributed by atoms with E-state index in [0.717, 1.165) is 16.5 Å². The number of nitrogens with zero attached hydrogens (tertiary/aromatic N) is 3. The number of hydrogen-bond donors (Lipinski definition) is 1. The first-order chi connectivity index (χ1) is 14.7. The number of hydrogen-bond acceptors (Lipinski definition) is 4. The Bertz CT molecular complexity index is 1170. The molecule has 7 nitrogen and oxygen atoms in total. The molecule has 1 N–H and O–H groups in total. The summed E-state index contributed by atoms with van der Waals surface area (Å²) in [5.74, 6) is -0.978. The first-order valence-corrected chi connectivity index (χ1v) is 9.60. The van der Waals surface area contributed by atoms with E-state index in [0.29, 0.717) is 18.5 Å². The van der Waals surface area contributed by atoms with Crippen LogP contribution in [-0.2, 0) is 11.0 Å². The van der Waals surface area contributed by atoms with Crippen LogP contribution in [0.5, 0.6) is 0 Å². The fourth-order valence-corrected chi connectivity index (χ4v) is 3.77. The topological polar surface area (TPSA) is 79.8 Å². The Hall–Kier alpha value is -3.27. The Morgan fingerprint density at radius 3 is 2.77 bits per heavy atom. The minimum atomic E-state index is -4.72. The predicted molar refractivity (Wildman–Crippen MR) is 106 cm³/mol. The predicted octanol–water partition coefficient (Wildman–Crippen LogP) is 3.78. The van der Waals surface area contributed by atoms with E-state index >= 15 is 0 Å². The van der Waals surface area contributed by atoms with Gasteiger partial charge in [-0.2, -0.15) is 13.2 Å². The Morgan fingerprint density at radius 1 is 1.35 bits per heavy atom. The maximum atomic E-state index is 13.7. The fraction of sp³-hybridized carbons (Fsp3) is 0.250. The second kappa shape index (κ2) is 7.77. The molecule has 0 bridgehead atoms. The van der Waals surface area contributed by atoms with E-state index in [4.69, 9.17) is 16.0 Å². The highest BCUT2D eigenvalue weighted by Gasteiger charge is 2.37. The van der Waals surface area contributed by atoms with Crippen LogP contribution in [0.4, 0.5) is 13.2 Å². The summed E-state index contributed by atoms with van der Waals surface area (Å²) < 4.78 is 47.2. The van der Waals surface area contributed by atoms with Gasteiger partial charge in [0, 0.05) is 36.5 Å². The number of carbonyl (C=O) groups is 2. The lowest BCUT2D eigenvalue weighted by Crippen LogP contribution is -2.37. The van der Waals surface area contributed by atoms with Crippen LogP contribution in [0.25, 0.3) is 16.8 Å². The molecule has 1 atom stereocenters. The number of carbonyl (C=O) groups excluding carboxylic acids is 2. The third-order valence-electron chi connectivity index (χ3n) is 5.03. The number of likely N-dealkylation sites (tertiary alicyclic amines) is 1. The number of furan rings is 1. The average molecular weight is 453 g/mol. The van der Waals surface area contributed by atoms with Gasteiger partial charge in [0.1, 0.15) is 5.15 Å². The zero-order valence-electron chi connectivity index (χ0n) is 15.9. The van der Waals surface area contributed by atoms with Crippen LogP contribution in [0, 0.1) is 0 Å². The molecule has 1 saturated heterocycles. The highest BCUT2D eigenvalue weighted by Crippen LogP contribution is 2.37. The Labute approximate surface area is 179 Å². The number of pyridine rings is 1. The highest BCUT2D eigenvalue weighted by molar-refractivity contribution is 6.33. The standard InChI is InChI=1S/C20H16ClF3N4O3/c1-2-15(29)25-13-3-5-27(9-13)19(30)16-17(21)28-8-12(11-4-6-31-10-11)7-14(18(28)26-16)20(22,23)24/h2,4,6-8,10,13H,1,3,5,9H2,(H,25,29). The fourth-order valence-electron chi connectivity index (χ4n) is 3.52. The number of nitrogens with one attached hydrogen (secondary N) is 1. The van der Waals surface area contributed by atoms with Crippen LogP contribution >= 0.6 is 11.6 Å². The molecule has 0 radical (unpaired) electrons. The number of fused-ring (bicyclic) bond motifs is 1. The van der Waals surface area contributed by atoms with Gasteiger partial charge in [-0.1, -0.05) is 18.2 Å². The van der Waals surface area contributed by atoms with E-state index < -0.39 is 23.3 Å². The molecule has 162 valence electrons. The number of halogens is 4. The Kier molecular flexibility index (Phi) is 5.26. The normalized spacial score (nSPS) is 16.6. The first-order valence-electron chi connectivity index (χ1n) is 9.22. The minimum Gasteiger partial charge on any atom is -0.472 e. The van der Waals surface area contributed by atoms with E-state index in [2.05, 4.69) is 16.9 Å². The largest absolute Gasteiger partial charge is 0.472 e. The molecule has 1 fully saturated rings. The van der Waals surface area contributed by atoms with Gasteiger partial charge < -0.3 is 14.6 Å². The van der Waals surface area contributed by atoms with Gasteiger partial charge in [0.25, 0.3) is 5.91 Å². The number of amides is 2. The molecule has 0 aromatic carbocycles. The number of imidazole rings is 1. The van der Waals surface area contributed by atoms with Crippen LogP contribution in [0.15, 0.2) is 47.9 Å². The first kappa shape index (κ1) is 21.0. The molecule has 11 heteroatoms. The third-order valence-corrected chi connectivity index (χ3v) is 5.39. The number of alkyl halides is 3. The summed E-state index contributed by atoms with van der Waals surface area (Å²) in [5, 5.41) is 2.46. The van der Waals surface area contributed by atoms with Crippen LogP contribution < -0.4 is 5.32 Å². The SMILES string of the molecule is C=CC(=O)NC1CCN(C(=O)c2nc3c(C(F)(F)F)cc(-c4ccoc4)cn3c2Cl)C1. The van der Waals surface area contributed by atoms with Crippen molar-refractivity contribution < 1.29 is 27.2 Å². The van der Waals surface area contributed by atoms with Gasteiger partial charge in [0.05, 0.1) is 18.1 Å². The van der Waals surface area contributed by atoms with E-state index in [1.165, 1.54) is 29.7 Å². The van der Waals surface area contributed by atoms with Gasteiger partial charge in [0.2, 0.25) is 5.91 Å². The smallest absolute Gasteiger partial charge is 0.420 e. The molecule has 1 aliphatic heterocycles. The van der Waals surface area contributed by atoms with Crippen molar-refractivity contribution >= 4 is 29.1 Å². The van der Waals surface area contributed by atoms with Crippen LogP contribution in [0.2, 0.25) is 5.15 Å². The summed E-state index contributed by atoms with van der Waals surface area (Å²) in [5.41, 5.74) is -1.15. The number of rotatable bonds is 4. The molecule has 3 aromatic heterocycles. The lowest BCUT2D eigenvalue weighted by molar-refractivity contribution is -0.136. The van der Waals surface area contributed by atoms with Gasteiger partial charge >= 0.3 is 6.18 Å². The maximum Gasteiger partial charge on any atom is 0.420 e. The summed E-state index contributed by atoms with van der Waals surface area (Å²) in [6, 6.07) is 2.16. The van der Waals surface area contributed by atoms with Crippen molar-refractivity contribution in [3.8, 4) is 11.1 Å². The average Bonchev–Trinajstić information content (AvgIpc) is 3.47. The van der Waals surface area contributed by atoms with Gasteiger partial charge in [0.15, 0.2) is 11.3 Å². The molecule has 3 aromatic rings. The molecule has 4 rings (SSSR count). The van der Waals surface area contributed by atoms with Gasteiger partial charge in [-0.25, -0.2) is 4.98 Å².